The summed E-state index contributed by atoms with van der Waals surface area (Å²) in [7, 11) is 0. The first-order valence-electron chi connectivity index (χ1n) is 6.86. The summed E-state index contributed by atoms with van der Waals surface area (Å²) in [5, 5.41) is 6.49. The van der Waals surface area contributed by atoms with Gasteiger partial charge in [0, 0.05) is 0 Å². The quantitative estimate of drug-likeness (QED) is 0.817. The van der Waals surface area contributed by atoms with Crippen molar-refractivity contribution in [3.05, 3.63) is 65.0 Å². The van der Waals surface area contributed by atoms with Crippen LogP contribution in [0.1, 0.15) is 29.7 Å². The molecule has 0 heterocycles. The number of hydrogen-bond acceptors (Lipinski definition) is 1. The van der Waals surface area contributed by atoms with Crippen LogP contribution in [0.5, 0.6) is 0 Å². The number of hydrogen-bond donors (Lipinski definition) is 2. The number of rotatable bonds is 3. The van der Waals surface area contributed by atoms with Gasteiger partial charge < -0.3 is 10.6 Å². The van der Waals surface area contributed by atoms with Gasteiger partial charge in [-0.05, 0) is 56.2 Å². The van der Waals surface area contributed by atoms with Crippen LogP contribution in [0.3, 0.4) is 0 Å². The Bertz CT molecular complexity index is 655. The Morgan fingerprint density at radius 3 is 2.57 bits per heavy atom. The van der Waals surface area contributed by atoms with Crippen molar-refractivity contribution in [1.29, 1.82) is 0 Å². The van der Waals surface area contributed by atoms with E-state index in [0.717, 1.165) is 0 Å². The van der Waals surface area contributed by atoms with E-state index in [1.807, 2.05) is 6.92 Å². The summed E-state index contributed by atoms with van der Waals surface area (Å²) in [6.45, 7) is 6.17. The van der Waals surface area contributed by atoms with E-state index in [9.17, 15) is 4.39 Å². The molecule has 2 N–H and O–H groups in total. The standard InChI is InChI=1S/C17H19FN2S/c1-11-8-9-12(2)14(10-11)13(3)19-17(21)20-16-7-5-4-6-15(16)18/h4-10,13H,1-3H3,(H2,19,20,21)/t13-/m0/s1. The minimum Gasteiger partial charge on any atom is -0.356 e. The summed E-state index contributed by atoms with van der Waals surface area (Å²) < 4.78 is 13.6. The van der Waals surface area contributed by atoms with E-state index in [1.165, 1.54) is 22.8 Å². The molecule has 110 valence electrons. The molecular formula is C17H19FN2S. The maximum atomic E-state index is 13.6. The summed E-state index contributed by atoms with van der Waals surface area (Å²) in [5.74, 6) is -0.318. The van der Waals surface area contributed by atoms with Gasteiger partial charge in [-0.2, -0.15) is 0 Å². The van der Waals surface area contributed by atoms with Gasteiger partial charge in [-0.15, -0.1) is 0 Å². The van der Waals surface area contributed by atoms with Crippen molar-refractivity contribution in [1.82, 2.24) is 5.32 Å². The highest BCUT2D eigenvalue weighted by atomic mass is 32.1. The summed E-state index contributed by atoms with van der Waals surface area (Å²) in [6.07, 6.45) is 0. The molecule has 0 saturated carbocycles. The maximum absolute atomic E-state index is 13.6. The molecule has 0 radical (unpaired) electrons. The molecule has 2 nitrogen and oxygen atoms in total. The van der Waals surface area contributed by atoms with Gasteiger partial charge in [-0.1, -0.05) is 35.9 Å². The topological polar surface area (TPSA) is 24.1 Å². The van der Waals surface area contributed by atoms with Gasteiger partial charge >= 0.3 is 0 Å². The molecule has 21 heavy (non-hydrogen) atoms. The van der Waals surface area contributed by atoms with E-state index >= 15 is 0 Å². The van der Waals surface area contributed by atoms with Gasteiger partial charge in [0.15, 0.2) is 5.11 Å². The molecule has 0 bridgehead atoms. The molecule has 1 atom stereocenters. The molecule has 2 rings (SSSR count). The summed E-state index contributed by atoms with van der Waals surface area (Å²) in [4.78, 5) is 0. The van der Waals surface area contributed by atoms with Gasteiger partial charge in [0.05, 0.1) is 11.7 Å². The lowest BCUT2D eigenvalue weighted by atomic mass is 10.0. The second-order valence-electron chi connectivity index (χ2n) is 5.16. The monoisotopic (exact) mass is 302 g/mol. The van der Waals surface area contributed by atoms with Gasteiger partial charge in [-0.25, -0.2) is 4.39 Å². The third-order valence-electron chi connectivity index (χ3n) is 3.37. The molecule has 2 aromatic rings. The predicted octanol–water partition coefficient (Wildman–Crippen LogP) is 4.49. The zero-order valence-corrected chi connectivity index (χ0v) is 13.2. The van der Waals surface area contributed by atoms with Crippen molar-refractivity contribution in [3.63, 3.8) is 0 Å². The maximum Gasteiger partial charge on any atom is 0.171 e. The number of benzene rings is 2. The van der Waals surface area contributed by atoms with Gasteiger partial charge in [0.2, 0.25) is 0 Å². The fourth-order valence-corrected chi connectivity index (χ4v) is 2.51. The second-order valence-corrected chi connectivity index (χ2v) is 5.57. The lowest BCUT2D eigenvalue weighted by Gasteiger charge is -2.19. The Morgan fingerprint density at radius 2 is 1.86 bits per heavy atom. The lowest BCUT2D eigenvalue weighted by molar-refractivity contribution is 0.631. The fraction of sp³-hybridized carbons (Fsp3) is 0.235. The van der Waals surface area contributed by atoms with Crippen molar-refractivity contribution >= 4 is 23.0 Å². The highest BCUT2D eigenvalue weighted by Crippen LogP contribution is 2.19. The van der Waals surface area contributed by atoms with Crippen molar-refractivity contribution in [3.8, 4) is 0 Å². The molecule has 0 aliphatic carbocycles. The minimum atomic E-state index is -0.318. The smallest absolute Gasteiger partial charge is 0.171 e. The summed E-state index contributed by atoms with van der Waals surface area (Å²) >= 11 is 5.26. The van der Waals surface area contributed by atoms with E-state index in [2.05, 4.69) is 42.7 Å². The van der Waals surface area contributed by atoms with Crippen LogP contribution in [0.15, 0.2) is 42.5 Å². The molecule has 0 amide bonds. The normalized spacial score (nSPS) is 11.8. The van der Waals surface area contributed by atoms with E-state index in [4.69, 9.17) is 12.2 Å². The molecule has 0 aliphatic heterocycles. The first-order chi connectivity index (χ1) is 9.97. The molecule has 0 fully saturated rings. The van der Waals surface area contributed by atoms with Crippen molar-refractivity contribution in [2.24, 2.45) is 0 Å². The van der Waals surface area contributed by atoms with Crippen LogP contribution >= 0.6 is 12.2 Å². The number of anilines is 1. The number of thiocarbonyl (C=S) groups is 1. The van der Waals surface area contributed by atoms with Crippen LogP contribution in [0.2, 0.25) is 0 Å². The Kier molecular flexibility index (Phi) is 4.91. The third-order valence-corrected chi connectivity index (χ3v) is 3.59. The van der Waals surface area contributed by atoms with Gasteiger partial charge in [0.25, 0.3) is 0 Å². The predicted molar refractivity (Wildman–Crippen MR) is 90.1 cm³/mol. The van der Waals surface area contributed by atoms with Crippen molar-refractivity contribution < 1.29 is 4.39 Å². The highest BCUT2D eigenvalue weighted by Gasteiger charge is 2.11. The Labute approximate surface area is 130 Å². The van der Waals surface area contributed by atoms with Crippen molar-refractivity contribution in [2.75, 3.05) is 5.32 Å². The van der Waals surface area contributed by atoms with Crippen LogP contribution in [0.4, 0.5) is 10.1 Å². The Balaban J connectivity index is 2.06. The van der Waals surface area contributed by atoms with E-state index in [0.29, 0.717) is 10.8 Å². The lowest BCUT2D eigenvalue weighted by Crippen LogP contribution is -2.31. The largest absolute Gasteiger partial charge is 0.356 e. The van der Waals surface area contributed by atoms with Gasteiger partial charge in [0.1, 0.15) is 5.82 Å². The van der Waals surface area contributed by atoms with Gasteiger partial charge in [-0.3, -0.25) is 0 Å². The molecule has 0 saturated heterocycles. The van der Waals surface area contributed by atoms with Crippen LogP contribution < -0.4 is 10.6 Å². The summed E-state index contributed by atoms with van der Waals surface area (Å²) in [5.41, 5.74) is 3.97. The van der Waals surface area contributed by atoms with E-state index in [1.54, 1.807) is 18.2 Å². The second kappa shape index (κ2) is 6.68. The third kappa shape index (κ3) is 4.02. The molecular weight excluding hydrogens is 283 g/mol. The number of halogens is 1. The van der Waals surface area contributed by atoms with Crippen LogP contribution in [-0.4, -0.2) is 5.11 Å². The van der Waals surface area contributed by atoms with E-state index < -0.39 is 0 Å². The van der Waals surface area contributed by atoms with Crippen molar-refractivity contribution in [2.45, 2.75) is 26.8 Å². The fourth-order valence-electron chi connectivity index (χ4n) is 2.22. The molecule has 0 aliphatic rings. The minimum absolute atomic E-state index is 0.0525. The van der Waals surface area contributed by atoms with Crippen LogP contribution in [0.25, 0.3) is 0 Å². The molecule has 0 unspecified atom stereocenters. The first kappa shape index (κ1) is 15.4. The molecule has 4 heteroatoms. The van der Waals surface area contributed by atoms with Crippen LogP contribution in [0, 0.1) is 19.7 Å². The molecule has 2 aromatic carbocycles. The average Bonchev–Trinajstić information content (AvgIpc) is 2.44. The number of aryl methyl sites for hydroxylation is 2. The number of nitrogens with one attached hydrogen (secondary N) is 2. The summed E-state index contributed by atoms with van der Waals surface area (Å²) in [6, 6.07) is 12.8. The Hall–Kier alpha value is -1.94. The average molecular weight is 302 g/mol. The zero-order valence-electron chi connectivity index (χ0n) is 12.4. The van der Waals surface area contributed by atoms with Crippen LogP contribution in [-0.2, 0) is 0 Å². The first-order valence-corrected chi connectivity index (χ1v) is 7.27. The van der Waals surface area contributed by atoms with E-state index in [-0.39, 0.29) is 11.9 Å². The Morgan fingerprint density at radius 1 is 1.14 bits per heavy atom. The highest BCUT2D eigenvalue weighted by molar-refractivity contribution is 7.80. The number of para-hydroxylation sites is 1. The SMILES string of the molecule is Cc1ccc(C)c([C@H](C)NC(=S)Nc2ccccc2F)c1. The molecule has 0 aromatic heterocycles. The molecule has 0 spiro atoms. The zero-order chi connectivity index (χ0) is 15.4.